The number of ether oxygens (including phenoxy) is 2. The van der Waals surface area contributed by atoms with Crippen LogP contribution < -0.4 is 19.7 Å². The molecule has 1 saturated heterocycles. The third-order valence-electron chi connectivity index (χ3n) is 4.94. The molecule has 7 nitrogen and oxygen atoms in total. The molecule has 27 heavy (non-hydrogen) atoms. The van der Waals surface area contributed by atoms with E-state index >= 15 is 0 Å². The zero-order valence-electron chi connectivity index (χ0n) is 16.1. The molecular weight excluding hydrogens is 344 g/mol. The van der Waals surface area contributed by atoms with Gasteiger partial charge in [-0.15, -0.1) is 10.2 Å². The van der Waals surface area contributed by atoms with Gasteiger partial charge in [-0.1, -0.05) is 13.0 Å². The fourth-order valence-corrected chi connectivity index (χ4v) is 3.53. The minimum absolute atomic E-state index is 0.329. The Morgan fingerprint density at radius 1 is 1.15 bits per heavy atom. The lowest BCUT2D eigenvalue weighted by Crippen LogP contribution is -2.39. The van der Waals surface area contributed by atoms with Crippen LogP contribution >= 0.6 is 0 Å². The Morgan fingerprint density at radius 2 is 1.89 bits per heavy atom. The Labute approximate surface area is 159 Å². The molecule has 0 spiro atoms. The van der Waals surface area contributed by atoms with Crippen LogP contribution in [0, 0.1) is 0 Å². The Morgan fingerprint density at radius 3 is 2.48 bits per heavy atom. The molecule has 2 aromatic rings. The number of methoxy groups -OCH3 is 2. The van der Waals surface area contributed by atoms with Crippen molar-refractivity contribution in [2.75, 3.05) is 31.0 Å². The summed E-state index contributed by atoms with van der Waals surface area (Å²) in [5.41, 5.74) is 0.329. The molecule has 1 N–H and O–H groups in total. The van der Waals surface area contributed by atoms with E-state index in [2.05, 4.69) is 27.3 Å². The summed E-state index contributed by atoms with van der Waals surface area (Å²) in [4.78, 5) is 15.0. The summed E-state index contributed by atoms with van der Waals surface area (Å²) >= 11 is 0. The Kier molecular flexibility index (Phi) is 6.11. The van der Waals surface area contributed by atoms with Gasteiger partial charge in [0.1, 0.15) is 17.1 Å². The van der Waals surface area contributed by atoms with Crippen molar-refractivity contribution in [3.05, 3.63) is 35.9 Å². The molecule has 1 unspecified atom stereocenters. The fourth-order valence-electron chi connectivity index (χ4n) is 3.53. The minimum Gasteiger partial charge on any atom is -0.496 e. The van der Waals surface area contributed by atoms with E-state index in [4.69, 9.17) is 9.47 Å². The quantitative estimate of drug-likeness (QED) is 0.838. The number of aromatic nitrogens is 2. The number of hydrogen-bond acceptors (Lipinski definition) is 6. The van der Waals surface area contributed by atoms with Crippen LogP contribution in [0.25, 0.3) is 0 Å². The van der Waals surface area contributed by atoms with Gasteiger partial charge >= 0.3 is 0 Å². The van der Waals surface area contributed by atoms with Crippen molar-refractivity contribution in [1.29, 1.82) is 0 Å². The predicted molar refractivity (Wildman–Crippen MR) is 105 cm³/mol. The first-order valence-electron chi connectivity index (χ1n) is 9.30. The van der Waals surface area contributed by atoms with Crippen LogP contribution in [0.1, 0.15) is 43.0 Å². The van der Waals surface area contributed by atoms with Gasteiger partial charge in [-0.3, -0.25) is 4.79 Å². The van der Waals surface area contributed by atoms with Crippen LogP contribution in [0.15, 0.2) is 30.3 Å². The predicted octanol–water partition coefficient (Wildman–Crippen LogP) is 3.52. The van der Waals surface area contributed by atoms with Gasteiger partial charge in [-0.2, -0.15) is 0 Å². The number of hydrogen-bond donors (Lipinski definition) is 1. The molecule has 0 radical (unpaired) electrons. The summed E-state index contributed by atoms with van der Waals surface area (Å²) in [7, 11) is 3.03. The molecule has 1 aliphatic rings. The van der Waals surface area contributed by atoms with Gasteiger partial charge in [0.25, 0.3) is 5.91 Å². The Bertz CT molecular complexity index is 757. The average Bonchev–Trinajstić information content (AvgIpc) is 2.73. The van der Waals surface area contributed by atoms with Crippen molar-refractivity contribution in [2.24, 2.45) is 0 Å². The zero-order valence-corrected chi connectivity index (χ0v) is 16.1. The van der Waals surface area contributed by atoms with Crippen molar-refractivity contribution in [3.8, 4) is 11.5 Å². The van der Waals surface area contributed by atoms with Crippen molar-refractivity contribution < 1.29 is 14.3 Å². The van der Waals surface area contributed by atoms with Crippen LogP contribution in [0.3, 0.4) is 0 Å². The maximum absolute atomic E-state index is 12.7. The molecule has 144 valence electrons. The first kappa shape index (κ1) is 18.9. The zero-order chi connectivity index (χ0) is 19.2. The number of amides is 1. The van der Waals surface area contributed by atoms with Gasteiger partial charge in [-0.05, 0) is 49.9 Å². The third kappa shape index (κ3) is 4.13. The highest BCUT2D eigenvalue weighted by Crippen LogP contribution is 2.29. The standard InChI is InChI=1S/C20H26N4O3/c1-4-14-8-5-6-13-24(14)18-12-11-17(22-23-18)21-20(25)19-15(26-2)9-7-10-16(19)27-3/h7,9-12,14H,4-6,8,13H2,1-3H3,(H,21,22,25). The van der Waals surface area contributed by atoms with Crippen molar-refractivity contribution in [2.45, 2.75) is 38.6 Å². The molecule has 3 rings (SSSR count). The molecule has 0 saturated carbocycles. The molecule has 1 aromatic heterocycles. The average molecular weight is 370 g/mol. The van der Waals surface area contributed by atoms with Crippen molar-refractivity contribution in [1.82, 2.24) is 10.2 Å². The maximum atomic E-state index is 12.7. The van der Waals surface area contributed by atoms with E-state index in [9.17, 15) is 4.79 Å². The third-order valence-corrected chi connectivity index (χ3v) is 4.94. The Balaban J connectivity index is 1.76. The lowest BCUT2D eigenvalue weighted by molar-refractivity contribution is 0.102. The number of carbonyl (C=O) groups excluding carboxylic acids is 1. The first-order chi connectivity index (χ1) is 13.2. The summed E-state index contributed by atoms with van der Waals surface area (Å²) in [6.45, 7) is 3.20. The summed E-state index contributed by atoms with van der Waals surface area (Å²) in [6, 6.07) is 9.40. The van der Waals surface area contributed by atoms with Crippen LogP contribution in [0.2, 0.25) is 0 Å². The minimum atomic E-state index is -0.351. The number of nitrogens with zero attached hydrogens (tertiary/aromatic N) is 3. The highest BCUT2D eigenvalue weighted by Gasteiger charge is 2.23. The largest absolute Gasteiger partial charge is 0.496 e. The summed E-state index contributed by atoms with van der Waals surface area (Å²) < 4.78 is 10.6. The first-order valence-corrected chi connectivity index (χ1v) is 9.30. The van der Waals surface area contributed by atoms with Gasteiger partial charge in [-0.25, -0.2) is 0 Å². The highest BCUT2D eigenvalue weighted by atomic mass is 16.5. The lowest BCUT2D eigenvalue weighted by atomic mass is 10.0. The van der Waals surface area contributed by atoms with E-state index in [1.807, 2.05) is 6.07 Å². The summed E-state index contributed by atoms with van der Waals surface area (Å²) in [6.07, 6.45) is 4.71. The summed E-state index contributed by atoms with van der Waals surface area (Å²) in [5, 5.41) is 11.3. The van der Waals surface area contributed by atoms with E-state index in [0.717, 1.165) is 18.8 Å². The molecule has 1 aliphatic heterocycles. The normalized spacial score (nSPS) is 16.7. The van der Waals surface area contributed by atoms with Crippen LogP contribution in [0.5, 0.6) is 11.5 Å². The Hall–Kier alpha value is -2.83. The fraction of sp³-hybridized carbons (Fsp3) is 0.450. The topological polar surface area (TPSA) is 76.6 Å². The second-order valence-corrected chi connectivity index (χ2v) is 6.52. The molecule has 0 bridgehead atoms. The monoisotopic (exact) mass is 370 g/mol. The van der Waals surface area contributed by atoms with E-state index in [1.54, 1.807) is 24.3 Å². The molecule has 1 amide bonds. The number of carbonyl (C=O) groups is 1. The molecule has 1 atom stereocenters. The van der Waals surface area contributed by atoms with Crippen molar-refractivity contribution >= 4 is 17.5 Å². The van der Waals surface area contributed by atoms with Crippen LogP contribution in [-0.2, 0) is 0 Å². The maximum Gasteiger partial charge on any atom is 0.264 e. The molecule has 1 fully saturated rings. The van der Waals surface area contributed by atoms with Gasteiger partial charge in [0, 0.05) is 12.6 Å². The number of benzene rings is 1. The number of piperidine rings is 1. The summed E-state index contributed by atoms with van der Waals surface area (Å²) in [5.74, 6) is 1.78. The van der Waals surface area contributed by atoms with E-state index in [1.165, 1.54) is 33.5 Å². The number of nitrogens with one attached hydrogen (secondary N) is 1. The van der Waals surface area contributed by atoms with Gasteiger partial charge in [0.15, 0.2) is 11.6 Å². The SMILES string of the molecule is CCC1CCCCN1c1ccc(NC(=O)c2c(OC)cccc2OC)nn1. The molecule has 0 aliphatic carbocycles. The smallest absolute Gasteiger partial charge is 0.264 e. The lowest BCUT2D eigenvalue weighted by Gasteiger charge is -2.35. The molecule has 2 heterocycles. The molecule has 1 aromatic carbocycles. The number of anilines is 2. The molecular formula is C20H26N4O3. The van der Waals surface area contributed by atoms with Crippen LogP contribution in [0.4, 0.5) is 11.6 Å². The van der Waals surface area contributed by atoms with Crippen molar-refractivity contribution in [3.63, 3.8) is 0 Å². The second kappa shape index (κ2) is 8.70. The van der Waals surface area contributed by atoms with Gasteiger partial charge in [0.05, 0.1) is 14.2 Å². The second-order valence-electron chi connectivity index (χ2n) is 6.52. The highest BCUT2D eigenvalue weighted by molar-refractivity contribution is 6.07. The van der Waals surface area contributed by atoms with E-state index in [0.29, 0.717) is 28.9 Å². The van der Waals surface area contributed by atoms with Gasteiger partial charge < -0.3 is 19.7 Å². The molecule has 7 heteroatoms. The van der Waals surface area contributed by atoms with Gasteiger partial charge in [0.2, 0.25) is 0 Å². The number of rotatable bonds is 6. The van der Waals surface area contributed by atoms with E-state index < -0.39 is 0 Å². The van der Waals surface area contributed by atoms with Crippen LogP contribution in [-0.4, -0.2) is 42.9 Å². The van der Waals surface area contributed by atoms with E-state index in [-0.39, 0.29) is 5.91 Å².